The molecule has 0 saturated carbocycles. The van der Waals surface area contributed by atoms with Gasteiger partial charge in [-0.2, -0.15) is 0 Å². The van der Waals surface area contributed by atoms with Gasteiger partial charge in [-0.25, -0.2) is 0 Å². The third-order valence-electron chi connectivity index (χ3n) is 2.76. The van der Waals surface area contributed by atoms with E-state index in [2.05, 4.69) is 13.8 Å². The van der Waals surface area contributed by atoms with Crippen LogP contribution in [0.3, 0.4) is 0 Å². The van der Waals surface area contributed by atoms with Crippen LogP contribution in [0.25, 0.3) is 0 Å². The van der Waals surface area contributed by atoms with Crippen molar-refractivity contribution in [2.75, 3.05) is 0 Å². The highest BCUT2D eigenvalue weighted by Crippen LogP contribution is 2.12. The van der Waals surface area contributed by atoms with Crippen molar-refractivity contribution in [3.63, 3.8) is 0 Å². The third-order valence-corrected chi connectivity index (χ3v) is 2.76. The molecular weight excluding hydrogens is 184 g/mol. The quantitative estimate of drug-likeness (QED) is 0.388. The first kappa shape index (κ1) is 14.5. The van der Waals surface area contributed by atoms with E-state index in [1.165, 1.54) is 51.4 Å². The Kier molecular flexibility index (Phi) is 11.3. The molecule has 0 rings (SSSR count). The lowest BCUT2D eigenvalue weighted by Gasteiger charge is -2.04. The molecule has 0 aliphatic carbocycles. The van der Waals surface area contributed by atoms with Crippen LogP contribution in [0.5, 0.6) is 0 Å². The number of unbranched alkanes of at least 4 members (excludes halogenated alkanes) is 7. The Balaban J connectivity index is 2.92. The number of aliphatic hydroxyl groups is 1. The zero-order chi connectivity index (χ0) is 11.4. The monoisotopic (exact) mass is 212 g/mol. The predicted octanol–water partition coefficient (Wildman–Crippen LogP) is 5.23. The summed E-state index contributed by atoms with van der Waals surface area (Å²) in [5, 5.41) is 8.43. The van der Waals surface area contributed by atoms with E-state index in [4.69, 9.17) is 5.11 Å². The van der Waals surface area contributed by atoms with E-state index >= 15 is 0 Å². The number of aliphatic hydroxyl groups excluding tert-OH is 1. The maximum Gasteiger partial charge on any atom is 0.0751 e. The summed E-state index contributed by atoms with van der Waals surface area (Å²) >= 11 is 0. The van der Waals surface area contributed by atoms with Crippen LogP contribution in [0.4, 0.5) is 0 Å². The highest BCUT2D eigenvalue weighted by atomic mass is 16.2. The highest BCUT2D eigenvalue weighted by Gasteiger charge is 1.94. The lowest BCUT2D eigenvalue weighted by molar-refractivity contribution is 0.469. The summed E-state index contributed by atoms with van der Waals surface area (Å²) in [4.78, 5) is 0. The normalized spacial score (nSPS) is 11.7. The van der Waals surface area contributed by atoms with Gasteiger partial charge in [-0.1, -0.05) is 64.9 Å². The summed E-state index contributed by atoms with van der Waals surface area (Å²) in [7, 11) is 0. The van der Waals surface area contributed by atoms with E-state index in [1.807, 2.05) is 6.08 Å². The molecule has 90 valence electrons. The molecule has 0 atom stereocenters. The van der Waals surface area contributed by atoms with E-state index < -0.39 is 0 Å². The standard InChI is InChI=1S/C14H28O/c1-14(2)12-10-8-6-4-3-5-7-9-11-13-15/h11,13-15H,3-10,12H2,1-2H3. The minimum absolute atomic E-state index is 0.871. The van der Waals surface area contributed by atoms with Crippen LogP contribution in [0.2, 0.25) is 0 Å². The molecule has 15 heavy (non-hydrogen) atoms. The topological polar surface area (TPSA) is 20.2 Å². The molecule has 1 N–H and O–H groups in total. The number of hydrogen-bond acceptors (Lipinski definition) is 1. The van der Waals surface area contributed by atoms with Gasteiger partial charge in [-0.15, -0.1) is 0 Å². The van der Waals surface area contributed by atoms with Crippen molar-refractivity contribution in [2.45, 2.75) is 71.6 Å². The van der Waals surface area contributed by atoms with E-state index in [0.717, 1.165) is 18.6 Å². The van der Waals surface area contributed by atoms with Gasteiger partial charge in [0.15, 0.2) is 0 Å². The van der Waals surface area contributed by atoms with Gasteiger partial charge >= 0.3 is 0 Å². The van der Waals surface area contributed by atoms with Crippen molar-refractivity contribution in [2.24, 2.45) is 5.92 Å². The summed E-state index contributed by atoms with van der Waals surface area (Å²) in [6, 6.07) is 0. The summed E-state index contributed by atoms with van der Waals surface area (Å²) in [5.74, 6) is 0.871. The third kappa shape index (κ3) is 13.5. The molecule has 0 radical (unpaired) electrons. The molecular formula is C14H28O. The Morgan fingerprint density at radius 2 is 1.40 bits per heavy atom. The predicted molar refractivity (Wildman–Crippen MR) is 68.2 cm³/mol. The molecule has 1 heteroatoms. The number of allylic oxidation sites excluding steroid dienone is 1. The Bertz CT molecular complexity index is 138. The Labute approximate surface area is 95.6 Å². The first-order valence-electron chi connectivity index (χ1n) is 6.56. The van der Waals surface area contributed by atoms with Crippen LogP contribution in [0.1, 0.15) is 71.6 Å². The van der Waals surface area contributed by atoms with Crippen molar-refractivity contribution in [3.8, 4) is 0 Å². The fourth-order valence-corrected chi connectivity index (χ4v) is 1.77. The van der Waals surface area contributed by atoms with Gasteiger partial charge in [-0.05, 0) is 18.8 Å². The summed E-state index contributed by atoms with van der Waals surface area (Å²) < 4.78 is 0. The second kappa shape index (κ2) is 11.6. The molecule has 0 aromatic carbocycles. The summed E-state index contributed by atoms with van der Waals surface area (Å²) in [5.41, 5.74) is 0. The van der Waals surface area contributed by atoms with Crippen LogP contribution < -0.4 is 0 Å². The van der Waals surface area contributed by atoms with Gasteiger partial charge in [0.1, 0.15) is 0 Å². The molecule has 0 saturated heterocycles. The van der Waals surface area contributed by atoms with Crippen molar-refractivity contribution >= 4 is 0 Å². The molecule has 0 heterocycles. The SMILES string of the molecule is CC(C)CCCCCCCCCC=CO. The van der Waals surface area contributed by atoms with E-state index in [9.17, 15) is 0 Å². The van der Waals surface area contributed by atoms with Crippen molar-refractivity contribution in [1.82, 2.24) is 0 Å². The fraction of sp³-hybridized carbons (Fsp3) is 0.857. The average molecular weight is 212 g/mol. The smallest absolute Gasteiger partial charge is 0.0751 e. The Morgan fingerprint density at radius 3 is 1.93 bits per heavy atom. The van der Waals surface area contributed by atoms with Gasteiger partial charge in [0.05, 0.1) is 6.26 Å². The van der Waals surface area contributed by atoms with Gasteiger partial charge in [0, 0.05) is 0 Å². The average Bonchev–Trinajstić information content (AvgIpc) is 2.20. The van der Waals surface area contributed by atoms with Crippen molar-refractivity contribution in [1.29, 1.82) is 0 Å². The van der Waals surface area contributed by atoms with Crippen molar-refractivity contribution in [3.05, 3.63) is 12.3 Å². The van der Waals surface area contributed by atoms with Gasteiger partial charge in [0.25, 0.3) is 0 Å². The molecule has 0 aromatic rings. The van der Waals surface area contributed by atoms with Gasteiger partial charge in [0.2, 0.25) is 0 Å². The summed E-state index contributed by atoms with van der Waals surface area (Å²) in [6.45, 7) is 4.60. The Morgan fingerprint density at radius 1 is 0.867 bits per heavy atom. The second-order valence-electron chi connectivity index (χ2n) is 4.83. The fourth-order valence-electron chi connectivity index (χ4n) is 1.77. The largest absolute Gasteiger partial charge is 0.516 e. The minimum atomic E-state index is 0.871. The van der Waals surface area contributed by atoms with E-state index in [0.29, 0.717) is 0 Å². The molecule has 0 bridgehead atoms. The molecule has 0 aliphatic heterocycles. The maximum absolute atomic E-state index is 8.43. The second-order valence-corrected chi connectivity index (χ2v) is 4.83. The van der Waals surface area contributed by atoms with Crippen LogP contribution in [0.15, 0.2) is 12.3 Å². The molecule has 0 spiro atoms. The zero-order valence-corrected chi connectivity index (χ0v) is 10.5. The lowest BCUT2D eigenvalue weighted by atomic mass is 10.0. The number of rotatable bonds is 10. The van der Waals surface area contributed by atoms with E-state index in [1.54, 1.807) is 0 Å². The number of hydrogen-bond donors (Lipinski definition) is 1. The maximum atomic E-state index is 8.43. The lowest BCUT2D eigenvalue weighted by Crippen LogP contribution is -1.87. The Hall–Kier alpha value is -0.460. The summed E-state index contributed by atoms with van der Waals surface area (Å²) in [6.07, 6.45) is 14.9. The first-order valence-corrected chi connectivity index (χ1v) is 6.56. The highest BCUT2D eigenvalue weighted by molar-refractivity contribution is 4.70. The molecule has 0 fully saturated rings. The molecule has 0 aromatic heterocycles. The molecule has 0 aliphatic rings. The first-order chi connectivity index (χ1) is 7.27. The van der Waals surface area contributed by atoms with Crippen molar-refractivity contribution < 1.29 is 5.11 Å². The van der Waals surface area contributed by atoms with Crippen LogP contribution in [-0.2, 0) is 0 Å². The van der Waals surface area contributed by atoms with Crippen LogP contribution in [-0.4, -0.2) is 5.11 Å². The van der Waals surface area contributed by atoms with Gasteiger partial charge < -0.3 is 5.11 Å². The van der Waals surface area contributed by atoms with Crippen LogP contribution in [0, 0.1) is 5.92 Å². The molecule has 0 unspecified atom stereocenters. The zero-order valence-electron chi connectivity index (χ0n) is 10.5. The molecule has 1 nitrogen and oxygen atoms in total. The van der Waals surface area contributed by atoms with Crippen LogP contribution >= 0.6 is 0 Å². The molecule has 0 amide bonds. The van der Waals surface area contributed by atoms with E-state index in [-0.39, 0.29) is 0 Å². The van der Waals surface area contributed by atoms with Gasteiger partial charge in [-0.3, -0.25) is 0 Å². The minimum Gasteiger partial charge on any atom is -0.516 e.